The van der Waals surface area contributed by atoms with E-state index in [0.29, 0.717) is 19.1 Å². The highest BCUT2D eigenvalue weighted by molar-refractivity contribution is 5.99. The van der Waals surface area contributed by atoms with Crippen LogP contribution in [0, 0.1) is 0 Å². The smallest absolute Gasteiger partial charge is 0.416 e. The number of likely N-dealkylation sites (tertiary alicyclic amines) is 3. The van der Waals surface area contributed by atoms with Gasteiger partial charge in [-0.05, 0) is 74.5 Å². The number of carbonyl (C=O) groups excluding carboxylic acids is 4. The molecule has 13 heteroatoms. The van der Waals surface area contributed by atoms with Gasteiger partial charge in [0, 0.05) is 19.1 Å². The van der Waals surface area contributed by atoms with Crippen molar-refractivity contribution in [1.29, 1.82) is 0 Å². The summed E-state index contributed by atoms with van der Waals surface area (Å²) in [4.78, 5) is 63.5. The fraction of sp³-hybridized carbons (Fsp3) is 0.442. The molecule has 4 aliphatic heterocycles. The summed E-state index contributed by atoms with van der Waals surface area (Å²) in [5, 5.41) is 2.82. The lowest BCUT2D eigenvalue weighted by atomic mass is 9.87. The van der Waals surface area contributed by atoms with Gasteiger partial charge in [0.25, 0.3) is 0 Å². The maximum Gasteiger partial charge on any atom is 0.416 e. The van der Waals surface area contributed by atoms with E-state index >= 15 is 0 Å². The van der Waals surface area contributed by atoms with Gasteiger partial charge >= 0.3 is 12.3 Å². The van der Waals surface area contributed by atoms with E-state index in [9.17, 15) is 32.3 Å². The highest BCUT2D eigenvalue weighted by Gasteiger charge is 2.58. The molecule has 0 radical (unpaired) electrons. The second kappa shape index (κ2) is 16.9. The number of hydrogen-bond donors (Lipinski definition) is 1. The molecule has 4 amide bonds. The summed E-state index contributed by atoms with van der Waals surface area (Å²) in [6.45, 7) is 4.73. The average molecular weight is 772 g/mol. The van der Waals surface area contributed by atoms with E-state index in [2.05, 4.69) is 10.2 Å². The van der Waals surface area contributed by atoms with Gasteiger partial charge < -0.3 is 24.8 Å². The van der Waals surface area contributed by atoms with E-state index in [1.165, 1.54) is 41.2 Å². The van der Waals surface area contributed by atoms with Crippen molar-refractivity contribution in [3.05, 3.63) is 113 Å². The second-order valence-corrected chi connectivity index (χ2v) is 15.1. The summed E-state index contributed by atoms with van der Waals surface area (Å²) in [5.74, 6) is -1.50. The Hall–Kier alpha value is -5.17. The molecule has 5 atom stereocenters. The summed E-state index contributed by atoms with van der Waals surface area (Å²) in [6.07, 6.45) is 3.17. The Balaban J connectivity index is 1.18. The summed E-state index contributed by atoms with van der Waals surface area (Å²) >= 11 is 0. The van der Waals surface area contributed by atoms with Crippen LogP contribution in [0.15, 0.2) is 91.0 Å². The van der Waals surface area contributed by atoms with Crippen LogP contribution in [0.2, 0.25) is 0 Å². The average Bonchev–Trinajstić information content (AvgIpc) is 3.59. The molecule has 0 bridgehead atoms. The molecule has 0 spiro atoms. The fourth-order valence-electron chi connectivity index (χ4n) is 8.56. The molecule has 4 heterocycles. The van der Waals surface area contributed by atoms with E-state index in [1.54, 1.807) is 17.9 Å². The first kappa shape index (κ1) is 39.1. The van der Waals surface area contributed by atoms with Crippen LogP contribution < -0.4 is 5.32 Å². The molecule has 0 aliphatic carbocycles. The topological polar surface area (TPSA) is 103 Å². The maximum atomic E-state index is 14.5. The van der Waals surface area contributed by atoms with Crippen molar-refractivity contribution in [2.75, 3.05) is 32.8 Å². The molecular formula is C43H48F3N5O5. The Morgan fingerprint density at radius 2 is 1.57 bits per heavy atom. The molecule has 4 aliphatic rings. The van der Waals surface area contributed by atoms with Gasteiger partial charge in [0.15, 0.2) is 0 Å². The summed E-state index contributed by atoms with van der Waals surface area (Å²) < 4.78 is 46.4. The lowest BCUT2D eigenvalue weighted by Crippen LogP contribution is -2.74. The molecule has 3 unspecified atom stereocenters. The third kappa shape index (κ3) is 8.47. The van der Waals surface area contributed by atoms with Crippen molar-refractivity contribution in [1.82, 2.24) is 24.9 Å². The fourth-order valence-corrected chi connectivity index (χ4v) is 8.56. The van der Waals surface area contributed by atoms with Crippen LogP contribution in [0.25, 0.3) is 6.08 Å². The minimum absolute atomic E-state index is 0.0338. The minimum Gasteiger partial charge on any atom is -0.447 e. The second-order valence-electron chi connectivity index (χ2n) is 15.1. The van der Waals surface area contributed by atoms with Crippen molar-refractivity contribution in [2.24, 2.45) is 0 Å². The molecule has 56 heavy (non-hydrogen) atoms. The lowest BCUT2D eigenvalue weighted by molar-refractivity contribution is -0.164. The Labute approximate surface area is 325 Å². The molecule has 10 nitrogen and oxygen atoms in total. The van der Waals surface area contributed by atoms with Crippen LogP contribution in [0.4, 0.5) is 18.0 Å². The molecule has 0 aromatic heterocycles. The molecule has 1 N–H and O–H groups in total. The predicted octanol–water partition coefficient (Wildman–Crippen LogP) is 6.60. The molecule has 3 aromatic rings. The number of hydrogen-bond acceptors (Lipinski definition) is 6. The lowest BCUT2D eigenvalue weighted by Gasteiger charge is -2.52. The van der Waals surface area contributed by atoms with Gasteiger partial charge in [-0.3, -0.25) is 19.3 Å². The number of alkyl halides is 3. The Morgan fingerprint density at radius 1 is 0.893 bits per heavy atom. The van der Waals surface area contributed by atoms with Gasteiger partial charge in [-0.15, -0.1) is 0 Å². The van der Waals surface area contributed by atoms with Gasteiger partial charge in [-0.25, -0.2) is 4.79 Å². The van der Waals surface area contributed by atoms with Crippen molar-refractivity contribution in [2.45, 2.75) is 87.9 Å². The van der Waals surface area contributed by atoms with Crippen LogP contribution >= 0.6 is 0 Å². The maximum absolute atomic E-state index is 14.5. The van der Waals surface area contributed by atoms with Crippen molar-refractivity contribution >= 4 is 29.9 Å². The zero-order chi connectivity index (χ0) is 39.4. The number of nitrogens with one attached hydrogen (secondary N) is 1. The zero-order valence-electron chi connectivity index (χ0n) is 31.4. The quantitative estimate of drug-likeness (QED) is 0.221. The number of benzene rings is 3. The third-order valence-electron chi connectivity index (χ3n) is 11.6. The highest BCUT2D eigenvalue weighted by atomic mass is 19.4. The van der Waals surface area contributed by atoms with Crippen LogP contribution in [0.5, 0.6) is 0 Å². The van der Waals surface area contributed by atoms with E-state index in [-0.39, 0.29) is 24.5 Å². The van der Waals surface area contributed by atoms with Gasteiger partial charge in [0.1, 0.15) is 18.7 Å². The predicted molar refractivity (Wildman–Crippen MR) is 204 cm³/mol. The number of rotatable bonds is 11. The molecule has 4 saturated heterocycles. The normalized spacial score (nSPS) is 23.5. The SMILES string of the molecule is C[C@@H](NC(=O)C(CC(=O)N1CCC(N2CCCCC2)CC1)N1C(=O)C(N2C(=O)OC[C@@H]2c2ccccc2)C1C=Cc1ccccc1)c1cccc(C(F)(F)F)c1. The van der Waals surface area contributed by atoms with Crippen molar-refractivity contribution < 1.29 is 37.1 Å². The number of amides is 4. The molecule has 7 rings (SSSR count). The largest absolute Gasteiger partial charge is 0.447 e. The zero-order valence-corrected chi connectivity index (χ0v) is 31.4. The van der Waals surface area contributed by atoms with E-state index < -0.39 is 59.9 Å². The number of cyclic esters (lactones) is 1. The molecule has 0 saturated carbocycles. The van der Waals surface area contributed by atoms with Gasteiger partial charge in [0.2, 0.25) is 17.7 Å². The van der Waals surface area contributed by atoms with Gasteiger partial charge in [0.05, 0.1) is 30.1 Å². The molecule has 4 fully saturated rings. The first-order chi connectivity index (χ1) is 27.0. The monoisotopic (exact) mass is 771 g/mol. The van der Waals surface area contributed by atoms with Gasteiger partial charge in [-0.1, -0.05) is 91.4 Å². The van der Waals surface area contributed by atoms with Crippen LogP contribution in [0.1, 0.15) is 79.8 Å². The van der Waals surface area contributed by atoms with Gasteiger partial charge in [-0.2, -0.15) is 13.2 Å². The van der Waals surface area contributed by atoms with Crippen LogP contribution in [-0.2, 0) is 25.3 Å². The molecule has 3 aromatic carbocycles. The minimum atomic E-state index is -4.58. The summed E-state index contributed by atoms with van der Waals surface area (Å²) in [5.41, 5.74) is 0.966. The number of ether oxygens (including phenoxy) is 1. The Morgan fingerprint density at radius 3 is 2.25 bits per heavy atom. The van der Waals surface area contributed by atoms with E-state index in [4.69, 9.17) is 4.74 Å². The van der Waals surface area contributed by atoms with Crippen molar-refractivity contribution in [3.8, 4) is 0 Å². The van der Waals surface area contributed by atoms with Crippen LogP contribution in [-0.4, -0.2) is 100 Å². The standard InChI is InChI=1S/C43H48F3N5O5/c1-29(32-16-11-17-33(26-32)43(44,45)46)47-40(53)36(27-38(52)49-24-20-34(21-25-49)48-22-9-4-10-23-48)50-35(19-18-30-12-5-2-6-13-30)39(41(50)54)51-37(28-56-42(51)55)31-14-7-3-8-15-31/h2-3,5-8,11-19,26,29,34-37,39H,4,9-10,20-25,27-28H2,1H3,(H,47,53)/t29-,35?,36?,37-,39?/m1/s1. The molecular weight excluding hydrogens is 723 g/mol. The number of piperidine rings is 2. The van der Waals surface area contributed by atoms with Crippen LogP contribution in [0.3, 0.4) is 0 Å². The summed E-state index contributed by atoms with van der Waals surface area (Å²) in [7, 11) is 0. The van der Waals surface area contributed by atoms with Crippen molar-refractivity contribution in [3.63, 3.8) is 0 Å². The number of halogens is 3. The third-order valence-corrected chi connectivity index (χ3v) is 11.6. The first-order valence-electron chi connectivity index (χ1n) is 19.5. The first-order valence-corrected chi connectivity index (χ1v) is 19.5. The number of nitrogens with zero attached hydrogens (tertiary/aromatic N) is 4. The van der Waals surface area contributed by atoms with E-state index in [0.717, 1.165) is 49.2 Å². The molecule has 296 valence electrons. The number of carbonyl (C=O) groups is 4. The number of β-lactam (4-membered cyclic amide) rings is 1. The Kier molecular flexibility index (Phi) is 11.8. The van der Waals surface area contributed by atoms with E-state index in [1.807, 2.05) is 66.7 Å². The Bertz CT molecular complexity index is 1900. The summed E-state index contributed by atoms with van der Waals surface area (Å²) in [6, 6.07) is 19.0. The highest BCUT2D eigenvalue weighted by Crippen LogP contribution is 2.39.